The highest BCUT2D eigenvalue weighted by Crippen LogP contribution is 2.20. The zero-order valence-electron chi connectivity index (χ0n) is 12.6. The van der Waals surface area contributed by atoms with E-state index in [0.717, 1.165) is 5.69 Å². The molecule has 22 heavy (non-hydrogen) atoms. The van der Waals surface area contributed by atoms with Crippen LogP contribution in [0.4, 0.5) is 5.69 Å². The zero-order valence-corrected chi connectivity index (χ0v) is 13.4. The van der Waals surface area contributed by atoms with Gasteiger partial charge in [0.1, 0.15) is 0 Å². The van der Waals surface area contributed by atoms with E-state index in [1.165, 1.54) is 11.1 Å². The number of amides is 2. The van der Waals surface area contributed by atoms with Crippen LogP contribution in [-0.2, 0) is 11.8 Å². The Hall–Kier alpha value is -2.34. The normalized spacial score (nSPS) is 10.4. The molecule has 0 atom stereocenters. The number of anilines is 1. The Kier molecular flexibility index (Phi) is 4.82. The summed E-state index contributed by atoms with van der Waals surface area (Å²) in [6.07, 6.45) is 1.50. The number of hydrogen-bond donors (Lipinski definition) is 1. The Morgan fingerprint density at radius 3 is 2.64 bits per heavy atom. The summed E-state index contributed by atoms with van der Waals surface area (Å²) in [7, 11) is 3.33. The molecule has 0 spiro atoms. The molecule has 6 nitrogen and oxygen atoms in total. The summed E-state index contributed by atoms with van der Waals surface area (Å²) < 4.78 is 1.62. The number of nitrogens with one attached hydrogen (secondary N) is 1. The van der Waals surface area contributed by atoms with Gasteiger partial charge in [-0.2, -0.15) is 5.10 Å². The Morgan fingerprint density at radius 1 is 1.36 bits per heavy atom. The van der Waals surface area contributed by atoms with E-state index < -0.39 is 0 Å². The standard InChI is InChI=1S/C15H17ClN4O2/c1-10-11(8-17-20(10)3)15(22)19(2)9-14(21)18-13-7-5-4-6-12(13)16/h4-8H,9H2,1-3H3,(H,18,21). The Morgan fingerprint density at radius 2 is 2.05 bits per heavy atom. The van der Waals surface area contributed by atoms with Crippen molar-refractivity contribution < 1.29 is 9.59 Å². The van der Waals surface area contributed by atoms with Gasteiger partial charge in [0.05, 0.1) is 29.0 Å². The molecule has 0 radical (unpaired) electrons. The maximum atomic E-state index is 12.3. The molecule has 0 aliphatic heterocycles. The number of aryl methyl sites for hydroxylation is 1. The Balaban J connectivity index is 2.01. The number of benzene rings is 1. The van der Waals surface area contributed by atoms with E-state index in [-0.39, 0.29) is 18.4 Å². The van der Waals surface area contributed by atoms with Gasteiger partial charge in [-0.05, 0) is 19.1 Å². The van der Waals surface area contributed by atoms with Crippen LogP contribution >= 0.6 is 11.6 Å². The Labute approximate surface area is 133 Å². The molecule has 0 saturated heterocycles. The van der Waals surface area contributed by atoms with E-state index in [1.807, 2.05) is 0 Å². The van der Waals surface area contributed by atoms with Crippen LogP contribution in [0.15, 0.2) is 30.5 Å². The van der Waals surface area contributed by atoms with Gasteiger partial charge in [-0.15, -0.1) is 0 Å². The molecule has 0 unspecified atom stereocenters. The molecule has 7 heteroatoms. The zero-order chi connectivity index (χ0) is 16.3. The van der Waals surface area contributed by atoms with Gasteiger partial charge >= 0.3 is 0 Å². The number of hydrogen-bond acceptors (Lipinski definition) is 3. The van der Waals surface area contributed by atoms with Gasteiger partial charge in [-0.3, -0.25) is 14.3 Å². The van der Waals surface area contributed by atoms with Gasteiger partial charge in [-0.1, -0.05) is 23.7 Å². The highest BCUT2D eigenvalue weighted by molar-refractivity contribution is 6.33. The first-order chi connectivity index (χ1) is 10.4. The van der Waals surface area contributed by atoms with Crippen molar-refractivity contribution >= 4 is 29.1 Å². The molecule has 0 bridgehead atoms. The number of rotatable bonds is 4. The number of para-hydroxylation sites is 1. The lowest BCUT2D eigenvalue weighted by molar-refractivity contribution is -0.116. The molecule has 1 aromatic heterocycles. The van der Waals surface area contributed by atoms with Crippen molar-refractivity contribution in [3.8, 4) is 0 Å². The molecule has 0 saturated carbocycles. The largest absolute Gasteiger partial charge is 0.332 e. The van der Waals surface area contributed by atoms with Gasteiger partial charge in [0.25, 0.3) is 5.91 Å². The number of carbonyl (C=O) groups excluding carboxylic acids is 2. The molecule has 2 aromatic rings. The Bertz CT molecular complexity index is 711. The van der Waals surface area contributed by atoms with Crippen LogP contribution in [0.1, 0.15) is 16.1 Å². The molecule has 0 aliphatic rings. The van der Waals surface area contributed by atoms with Crippen molar-refractivity contribution in [1.29, 1.82) is 0 Å². The second kappa shape index (κ2) is 6.62. The van der Waals surface area contributed by atoms with Crippen LogP contribution in [0.2, 0.25) is 5.02 Å². The minimum Gasteiger partial charge on any atom is -0.332 e. The number of halogens is 1. The van der Waals surface area contributed by atoms with Crippen LogP contribution in [0.3, 0.4) is 0 Å². The average molecular weight is 321 g/mol. The molecule has 2 amide bonds. The molecule has 116 valence electrons. The van der Waals surface area contributed by atoms with Gasteiger partial charge in [0.2, 0.25) is 5.91 Å². The molecule has 0 aliphatic carbocycles. The maximum absolute atomic E-state index is 12.3. The molecule has 1 heterocycles. The minimum atomic E-state index is -0.314. The number of aromatic nitrogens is 2. The van der Waals surface area contributed by atoms with Gasteiger partial charge < -0.3 is 10.2 Å². The number of carbonyl (C=O) groups is 2. The fourth-order valence-corrected chi connectivity index (χ4v) is 2.14. The third kappa shape index (κ3) is 3.46. The minimum absolute atomic E-state index is 0.0710. The monoisotopic (exact) mass is 320 g/mol. The van der Waals surface area contributed by atoms with Crippen molar-refractivity contribution in [2.45, 2.75) is 6.92 Å². The lowest BCUT2D eigenvalue weighted by atomic mass is 10.2. The molecule has 1 N–H and O–H groups in total. The van der Waals surface area contributed by atoms with Crippen molar-refractivity contribution in [3.63, 3.8) is 0 Å². The summed E-state index contributed by atoms with van der Waals surface area (Å²) in [5.74, 6) is -0.564. The molecule has 1 aromatic carbocycles. The predicted octanol–water partition coefficient (Wildman–Crippen LogP) is 2.09. The predicted molar refractivity (Wildman–Crippen MR) is 85.0 cm³/mol. The lowest BCUT2D eigenvalue weighted by Gasteiger charge is -2.17. The van der Waals surface area contributed by atoms with Crippen molar-refractivity contribution in [2.24, 2.45) is 7.05 Å². The average Bonchev–Trinajstić information content (AvgIpc) is 2.80. The van der Waals surface area contributed by atoms with Crippen molar-refractivity contribution in [1.82, 2.24) is 14.7 Å². The van der Waals surface area contributed by atoms with Crippen LogP contribution in [0, 0.1) is 6.92 Å². The van der Waals surface area contributed by atoms with E-state index in [4.69, 9.17) is 11.6 Å². The maximum Gasteiger partial charge on any atom is 0.257 e. The van der Waals surface area contributed by atoms with E-state index in [0.29, 0.717) is 16.3 Å². The highest BCUT2D eigenvalue weighted by atomic mass is 35.5. The first kappa shape index (κ1) is 16.0. The molecule has 0 fully saturated rings. The second-order valence-corrected chi connectivity index (χ2v) is 5.36. The quantitative estimate of drug-likeness (QED) is 0.938. The first-order valence-corrected chi connectivity index (χ1v) is 7.06. The van der Waals surface area contributed by atoms with Crippen LogP contribution in [-0.4, -0.2) is 40.1 Å². The lowest BCUT2D eigenvalue weighted by Crippen LogP contribution is -2.35. The third-order valence-electron chi connectivity index (χ3n) is 3.34. The summed E-state index contributed by atoms with van der Waals surface area (Å²) in [6.45, 7) is 1.73. The number of likely N-dealkylation sites (N-methyl/N-ethyl adjacent to an activating group) is 1. The van der Waals surface area contributed by atoms with Crippen LogP contribution < -0.4 is 5.32 Å². The SMILES string of the molecule is Cc1c(C(=O)N(C)CC(=O)Nc2ccccc2Cl)cnn1C. The van der Waals surface area contributed by atoms with E-state index in [2.05, 4.69) is 10.4 Å². The van der Waals surface area contributed by atoms with Crippen molar-refractivity contribution in [2.75, 3.05) is 18.9 Å². The first-order valence-electron chi connectivity index (χ1n) is 6.68. The van der Waals surface area contributed by atoms with Gasteiger partial charge in [0, 0.05) is 19.8 Å². The van der Waals surface area contributed by atoms with Crippen LogP contribution in [0.25, 0.3) is 0 Å². The third-order valence-corrected chi connectivity index (χ3v) is 3.67. The molecule has 2 rings (SSSR count). The van der Waals surface area contributed by atoms with Crippen molar-refractivity contribution in [3.05, 3.63) is 46.7 Å². The molecular formula is C15H17ClN4O2. The summed E-state index contributed by atoms with van der Waals surface area (Å²) in [6, 6.07) is 6.94. The topological polar surface area (TPSA) is 67.2 Å². The summed E-state index contributed by atoms with van der Waals surface area (Å²) in [4.78, 5) is 25.7. The summed E-state index contributed by atoms with van der Waals surface area (Å²) in [5, 5.41) is 7.16. The summed E-state index contributed by atoms with van der Waals surface area (Å²) in [5.41, 5.74) is 1.76. The van der Waals surface area contributed by atoms with Gasteiger partial charge in [-0.25, -0.2) is 0 Å². The molecular weight excluding hydrogens is 304 g/mol. The van der Waals surface area contributed by atoms with E-state index >= 15 is 0 Å². The second-order valence-electron chi connectivity index (χ2n) is 4.96. The van der Waals surface area contributed by atoms with Crippen LogP contribution in [0.5, 0.6) is 0 Å². The van der Waals surface area contributed by atoms with E-state index in [9.17, 15) is 9.59 Å². The number of nitrogens with zero attached hydrogens (tertiary/aromatic N) is 3. The fraction of sp³-hybridized carbons (Fsp3) is 0.267. The smallest absolute Gasteiger partial charge is 0.257 e. The van der Waals surface area contributed by atoms with Gasteiger partial charge in [0.15, 0.2) is 0 Å². The van der Waals surface area contributed by atoms with E-state index in [1.54, 1.807) is 50.0 Å². The summed E-state index contributed by atoms with van der Waals surface area (Å²) >= 11 is 5.98. The highest BCUT2D eigenvalue weighted by Gasteiger charge is 2.19. The fourth-order valence-electron chi connectivity index (χ4n) is 1.95.